The maximum absolute atomic E-state index is 3.47. The Morgan fingerprint density at radius 1 is 1.44 bits per heavy atom. The number of H-pyrrole nitrogens is 1. The lowest BCUT2D eigenvalue weighted by atomic mass is 9.99. The van der Waals surface area contributed by atoms with E-state index in [9.17, 15) is 0 Å². The van der Waals surface area contributed by atoms with Gasteiger partial charge in [-0.3, -0.25) is 0 Å². The predicted molar refractivity (Wildman–Crippen MR) is 67.3 cm³/mol. The molecule has 2 N–H and O–H groups in total. The molecule has 0 amide bonds. The standard InChI is InChI=1S/C13H23N3/c1-12-4-8-16(9-5-12)10-7-14-11-13-3-2-6-15-13/h2-3,6,12,14-15H,4-5,7-11H2,1H3. The molecule has 0 aliphatic carbocycles. The molecule has 1 aromatic rings. The SMILES string of the molecule is CC1CCN(CCNCc2ccc[nH]2)CC1. The van der Waals surface area contributed by atoms with Gasteiger partial charge in [-0.1, -0.05) is 6.92 Å². The van der Waals surface area contributed by atoms with Crippen LogP contribution in [-0.4, -0.2) is 36.1 Å². The molecule has 1 aliphatic heterocycles. The van der Waals surface area contributed by atoms with Crippen molar-refractivity contribution < 1.29 is 0 Å². The predicted octanol–water partition coefficient (Wildman–Crippen LogP) is 1.84. The molecule has 1 fully saturated rings. The number of rotatable bonds is 5. The van der Waals surface area contributed by atoms with Gasteiger partial charge >= 0.3 is 0 Å². The maximum Gasteiger partial charge on any atom is 0.0357 e. The van der Waals surface area contributed by atoms with Crippen LogP contribution in [0, 0.1) is 5.92 Å². The van der Waals surface area contributed by atoms with Gasteiger partial charge in [0.25, 0.3) is 0 Å². The highest BCUT2D eigenvalue weighted by Gasteiger charge is 2.14. The first kappa shape index (κ1) is 11.7. The van der Waals surface area contributed by atoms with E-state index in [2.05, 4.69) is 28.2 Å². The summed E-state index contributed by atoms with van der Waals surface area (Å²) in [6.45, 7) is 8.16. The Kier molecular flexibility index (Phi) is 4.43. The molecule has 90 valence electrons. The Balaban J connectivity index is 1.55. The second-order valence-electron chi connectivity index (χ2n) is 4.90. The molecular weight excluding hydrogens is 198 g/mol. The zero-order valence-corrected chi connectivity index (χ0v) is 10.2. The molecule has 0 unspecified atom stereocenters. The number of nitrogens with one attached hydrogen (secondary N) is 2. The summed E-state index contributed by atoms with van der Waals surface area (Å²) >= 11 is 0. The first-order valence-corrected chi connectivity index (χ1v) is 6.40. The van der Waals surface area contributed by atoms with Crippen molar-refractivity contribution in [3.63, 3.8) is 0 Å². The van der Waals surface area contributed by atoms with Crippen LogP contribution < -0.4 is 5.32 Å². The molecule has 1 saturated heterocycles. The Morgan fingerprint density at radius 2 is 2.25 bits per heavy atom. The summed E-state index contributed by atoms with van der Waals surface area (Å²) in [7, 11) is 0. The van der Waals surface area contributed by atoms with Crippen LogP contribution >= 0.6 is 0 Å². The van der Waals surface area contributed by atoms with Gasteiger partial charge in [-0.2, -0.15) is 0 Å². The highest BCUT2D eigenvalue weighted by atomic mass is 15.1. The minimum atomic E-state index is 0.933. The first-order valence-electron chi connectivity index (χ1n) is 6.40. The van der Waals surface area contributed by atoms with Gasteiger partial charge < -0.3 is 15.2 Å². The lowest BCUT2D eigenvalue weighted by Gasteiger charge is -2.30. The molecule has 0 spiro atoms. The largest absolute Gasteiger partial charge is 0.364 e. The van der Waals surface area contributed by atoms with Crippen LogP contribution in [-0.2, 0) is 6.54 Å². The maximum atomic E-state index is 3.47. The van der Waals surface area contributed by atoms with Crippen molar-refractivity contribution in [1.82, 2.24) is 15.2 Å². The van der Waals surface area contributed by atoms with Crippen LogP contribution in [0.2, 0.25) is 0 Å². The van der Waals surface area contributed by atoms with Gasteiger partial charge in [0.1, 0.15) is 0 Å². The van der Waals surface area contributed by atoms with Crippen LogP contribution in [0.3, 0.4) is 0 Å². The number of nitrogens with zero attached hydrogens (tertiary/aromatic N) is 1. The number of piperidine rings is 1. The summed E-state index contributed by atoms with van der Waals surface area (Å²) in [5, 5.41) is 3.47. The minimum absolute atomic E-state index is 0.933. The van der Waals surface area contributed by atoms with Crippen molar-refractivity contribution in [3.8, 4) is 0 Å². The van der Waals surface area contributed by atoms with E-state index in [1.54, 1.807) is 0 Å². The monoisotopic (exact) mass is 221 g/mol. The van der Waals surface area contributed by atoms with Crippen molar-refractivity contribution in [2.45, 2.75) is 26.3 Å². The molecule has 0 atom stereocenters. The molecule has 2 rings (SSSR count). The average molecular weight is 221 g/mol. The Morgan fingerprint density at radius 3 is 2.94 bits per heavy atom. The van der Waals surface area contributed by atoms with Gasteiger partial charge in [-0.15, -0.1) is 0 Å². The van der Waals surface area contributed by atoms with Gasteiger partial charge in [-0.25, -0.2) is 0 Å². The third kappa shape index (κ3) is 3.65. The van der Waals surface area contributed by atoms with E-state index in [1.807, 2.05) is 12.3 Å². The number of hydrogen-bond donors (Lipinski definition) is 2. The molecule has 2 heterocycles. The van der Waals surface area contributed by atoms with Gasteiger partial charge in [0, 0.05) is 31.5 Å². The van der Waals surface area contributed by atoms with E-state index in [-0.39, 0.29) is 0 Å². The van der Waals surface area contributed by atoms with Crippen molar-refractivity contribution in [3.05, 3.63) is 24.0 Å². The fourth-order valence-electron chi connectivity index (χ4n) is 2.22. The van der Waals surface area contributed by atoms with E-state index in [1.165, 1.54) is 38.2 Å². The molecule has 3 nitrogen and oxygen atoms in total. The van der Waals surface area contributed by atoms with Gasteiger partial charge in [-0.05, 0) is 44.0 Å². The van der Waals surface area contributed by atoms with Crippen molar-refractivity contribution in [1.29, 1.82) is 0 Å². The lowest BCUT2D eigenvalue weighted by Crippen LogP contribution is -2.37. The smallest absolute Gasteiger partial charge is 0.0357 e. The van der Waals surface area contributed by atoms with Gasteiger partial charge in [0.2, 0.25) is 0 Å². The highest BCUT2D eigenvalue weighted by Crippen LogP contribution is 2.14. The Bertz CT molecular complexity index is 273. The molecule has 16 heavy (non-hydrogen) atoms. The van der Waals surface area contributed by atoms with Crippen LogP contribution in [0.5, 0.6) is 0 Å². The van der Waals surface area contributed by atoms with Crippen LogP contribution in [0.1, 0.15) is 25.5 Å². The van der Waals surface area contributed by atoms with Crippen LogP contribution in [0.25, 0.3) is 0 Å². The second kappa shape index (κ2) is 6.06. The fraction of sp³-hybridized carbons (Fsp3) is 0.692. The normalized spacial score (nSPS) is 19.1. The first-order chi connectivity index (χ1) is 7.84. The third-order valence-corrected chi connectivity index (χ3v) is 3.46. The molecule has 0 bridgehead atoms. The van der Waals surface area contributed by atoms with E-state index >= 15 is 0 Å². The quantitative estimate of drug-likeness (QED) is 0.743. The molecule has 0 radical (unpaired) electrons. The number of hydrogen-bond acceptors (Lipinski definition) is 2. The van der Waals surface area contributed by atoms with Gasteiger partial charge in [0.15, 0.2) is 0 Å². The van der Waals surface area contributed by atoms with E-state index in [4.69, 9.17) is 0 Å². The van der Waals surface area contributed by atoms with Crippen molar-refractivity contribution in [2.75, 3.05) is 26.2 Å². The molecular formula is C13H23N3. The number of aromatic nitrogens is 1. The summed E-state index contributed by atoms with van der Waals surface area (Å²) in [5.41, 5.74) is 1.27. The summed E-state index contributed by atoms with van der Waals surface area (Å²) in [4.78, 5) is 5.78. The zero-order chi connectivity index (χ0) is 11.2. The average Bonchev–Trinajstić information content (AvgIpc) is 2.80. The molecule has 3 heteroatoms. The third-order valence-electron chi connectivity index (χ3n) is 3.46. The molecule has 0 aromatic carbocycles. The van der Waals surface area contributed by atoms with E-state index in [0.29, 0.717) is 0 Å². The van der Waals surface area contributed by atoms with Crippen molar-refractivity contribution >= 4 is 0 Å². The Hall–Kier alpha value is -0.800. The summed E-state index contributed by atoms with van der Waals surface area (Å²) in [6, 6.07) is 4.17. The fourth-order valence-corrected chi connectivity index (χ4v) is 2.22. The van der Waals surface area contributed by atoms with Crippen molar-refractivity contribution in [2.24, 2.45) is 5.92 Å². The molecule has 1 aliphatic rings. The highest BCUT2D eigenvalue weighted by molar-refractivity contribution is 5.02. The van der Waals surface area contributed by atoms with Crippen LogP contribution in [0.15, 0.2) is 18.3 Å². The van der Waals surface area contributed by atoms with Gasteiger partial charge in [0.05, 0.1) is 0 Å². The summed E-state index contributed by atoms with van der Waals surface area (Å²) < 4.78 is 0. The number of aromatic amines is 1. The van der Waals surface area contributed by atoms with E-state index < -0.39 is 0 Å². The second-order valence-corrected chi connectivity index (χ2v) is 4.90. The lowest BCUT2D eigenvalue weighted by molar-refractivity contribution is 0.193. The number of likely N-dealkylation sites (tertiary alicyclic amines) is 1. The topological polar surface area (TPSA) is 31.1 Å². The summed E-state index contributed by atoms with van der Waals surface area (Å²) in [6.07, 6.45) is 4.72. The molecule has 1 aromatic heterocycles. The Labute approximate surface area is 98.2 Å². The minimum Gasteiger partial charge on any atom is -0.364 e. The van der Waals surface area contributed by atoms with E-state index in [0.717, 1.165) is 19.0 Å². The molecule has 0 saturated carbocycles. The zero-order valence-electron chi connectivity index (χ0n) is 10.2. The summed E-state index contributed by atoms with van der Waals surface area (Å²) in [5.74, 6) is 0.933. The van der Waals surface area contributed by atoms with Crippen LogP contribution in [0.4, 0.5) is 0 Å².